The lowest BCUT2D eigenvalue weighted by molar-refractivity contribution is 0.0404. The van der Waals surface area contributed by atoms with Crippen molar-refractivity contribution in [1.82, 2.24) is 9.80 Å². The van der Waals surface area contributed by atoms with Crippen LogP contribution in [0.1, 0.15) is 40.6 Å². The molecular formula is C22H29ClN2O3S. The molecule has 5 nitrogen and oxygen atoms in total. The van der Waals surface area contributed by atoms with Crippen molar-refractivity contribution in [2.45, 2.75) is 32.8 Å². The highest BCUT2D eigenvalue weighted by Crippen LogP contribution is 2.32. The van der Waals surface area contributed by atoms with Crippen molar-refractivity contribution in [3.63, 3.8) is 0 Å². The van der Waals surface area contributed by atoms with E-state index in [0.717, 1.165) is 39.9 Å². The number of ether oxygens (including phenoxy) is 1. The van der Waals surface area contributed by atoms with Crippen molar-refractivity contribution in [2.75, 3.05) is 39.3 Å². The van der Waals surface area contributed by atoms with Crippen molar-refractivity contribution >= 4 is 28.8 Å². The van der Waals surface area contributed by atoms with Crippen LogP contribution in [0, 0.1) is 6.92 Å². The maximum absolute atomic E-state index is 12.4. The van der Waals surface area contributed by atoms with E-state index in [1.807, 2.05) is 41.5 Å². The van der Waals surface area contributed by atoms with Crippen LogP contribution in [0.25, 0.3) is 0 Å². The van der Waals surface area contributed by atoms with Crippen LogP contribution in [-0.4, -0.2) is 66.2 Å². The van der Waals surface area contributed by atoms with Crippen LogP contribution in [0.5, 0.6) is 5.75 Å². The lowest BCUT2D eigenvalue weighted by Gasteiger charge is -2.35. The largest absolute Gasteiger partial charge is 0.491 e. The Morgan fingerprint density at radius 2 is 2.00 bits per heavy atom. The molecule has 1 atom stereocenters. The molecule has 1 N–H and O–H groups in total. The Morgan fingerprint density at radius 1 is 1.28 bits per heavy atom. The van der Waals surface area contributed by atoms with E-state index in [0.29, 0.717) is 19.6 Å². The Balaban J connectivity index is 1.48. The smallest absolute Gasteiger partial charge is 0.264 e. The van der Waals surface area contributed by atoms with Gasteiger partial charge in [-0.1, -0.05) is 31.5 Å². The van der Waals surface area contributed by atoms with Crippen molar-refractivity contribution in [3.8, 4) is 5.75 Å². The summed E-state index contributed by atoms with van der Waals surface area (Å²) in [6, 6.07) is 7.66. The van der Waals surface area contributed by atoms with Gasteiger partial charge in [-0.05, 0) is 47.5 Å². The number of amides is 1. The molecule has 0 spiro atoms. The molecule has 29 heavy (non-hydrogen) atoms. The van der Waals surface area contributed by atoms with Gasteiger partial charge in [0.15, 0.2) is 0 Å². The van der Waals surface area contributed by atoms with Crippen LogP contribution in [0.15, 0.2) is 29.6 Å². The molecule has 2 heterocycles. The van der Waals surface area contributed by atoms with Gasteiger partial charge in [0.25, 0.3) is 5.91 Å². The van der Waals surface area contributed by atoms with Crippen LogP contribution in [0.4, 0.5) is 0 Å². The molecular weight excluding hydrogens is 408 g/mol. The highest BCUT2D eigenvalue weighted by molar-refractivity contribution is 7.12. The summed E-state index contributed by atoms with van der Waals surface area (Å²) in [5.41, 5.74) is 2.01. The number of carbonyl (C=O) groups is 1. The molecule has 0 radical (unpaired) electrons. The van der Waals surface area contributed by atoms with E-state index >= 15 is 0 Å². The summed E-state index contributed by atoms with van der Waals surface area (Å²) >= 11 is 7.72. The summed E-state index contributed by atoms with van der Waals surface area (Å²) in [5.74, 6) is 1.17. The zero-order valence-electron chi connectivity index (χ0n) is 17.2. The van der Waals surface area contributed by atoms with Crippen LogP contribution in [0.3, 0.4) is 0 Å². The molecule has 1 aliphatic rings. The fourth-order valence-electron chi connectivity index (χ4n) is 3.47. The molecule has 0 saturated carbocycles. The molecule has 158 valence electrons. The normalized spacial score (nSPS) is 16.3. The van der Waals surface area contributed by atoms with Gasteiger partial charge in [0.2, 0.25) is 0 Å². The average molecular weight is 437 g/mol. The number of thiophene rings is 1. The molecule has 1 amide bonds. The second-order valence-electron chi connectivity index (χ2n) is 7.83. The van der Waals surface area contributed by atoms with Gasteiger partial charge in [0, 0.05) is 37.7 Å². The monoisotopic (exact) mass is 436 g/mol. The molecule has 0 aliphatic carbocycles. The van der Waals surface area contributed by atoms with Gasteiger partial charge in [-0.15, -0.1) is 11.3 Å². The summed E-state index contributed by atoms with van der Waals surface area (Å²) in [6.07, 6.45) is -0.592. The second kappa shape index (κ2) is 9.94. The van der Waals surface area contributed by atoms with Crippen molar-refractivity contribution in [1.29, 1.82) is 0 Å². The minimum Gasteiger partial charge on any atom is -0.491 e. The number of halogens is 1. The molecule has 1 aromatic carbocycles. The van der Waals surface area contributed by atoms with Crippen molar-refractivity contribution in [3.05, 3.63) is 50.7 Å². The first kappa shape index (κ1) is 22.1. The van der Waals surface area contributed by atoms with E-state index in [2.05, 4.69) is 18.7 Å². The van der Waals surface area contributed by atoms with Crippen LogP contribution in [0.2, 0.25) is 5.02 Å². The Hall–Kier alpha value is -1.60. The standard InChI is InChI=1S/C22H29ClN2O3S/c1-15(2)18-12-19(23)16(3)11-20(18)28-14-17(26)13-24-6-8-25(9-7-24)22(27)21-5-4-10-29-21/h4-5,10-12,15,17,26H,6-9,13-14H2,1-3H3/t17-/m1/s1. The van der Waals surface area contributed by atoms with Crippen molar-refractivity contribution < 1.29 is 14.6 Å². The molecule has 2 aromatic rings. The summed E-state index contributed by atoms with van der Waals surface area (Å²) in [4.78, 5) is 17.3. The molecule has 7 heteroatoms. The van der Waals surface area contributed by atoms with Gasteiger partial charge >= 0.3 is 0 Å². The lowest BCUT2D eigenvalue weighted by Crippen LogP contribution is -2.50. The Kier molecular flexibility index (Phi) is 7.57. The SMILES string of the molecule is Cc1cc(OC[C@H](O)CN2CCN(C(=O)c3cccs3)CC2)c(C(C)C)cc1Cl. The predicted octanol–water partition coefficient (Wildman–Crippen LogP) is 4.03. The van der Waals surface area contributed by atoms with Gasteiger partial charge in [-0.2, -0.15) is 0 Å². The third-order valence-electron chi connectivity index (χ3n) is 5.20. The number of rotatable bonds is 7. The fourth-order valence-corrected chi connectivity index (χ4v) is 4.34. The number of piperazine rings is 1. The first-order valence-corrected chi connectivity index (χ1v) is 11.3. The molecule has 1 aliphatic heterocycles. The van der Waals surface area contributed by atoms with Gasteiger partial charge in [-0.3, -0.25) is 9.69 Å². The number of aliphatic hydroxyl groups excluding tert-OH is 1. The maximum Gasteiger partial charge on any atom is 0.264 e. The van der Waals surface area contributed by atoms with Gasteiger partial charge in [-0.25, -0.2) is 0 Å². The highest BCUT2D eigenvalue weighted by atomic mass is 35.5. The zero-order valence-corrected chi connectivity index (χ0v) is 18.8. The maximum atomic E-state index is 12.4. The topological polar surface area (TPSA) is 53.0 Å². The average Bonchev–Trinajstić information content (AvgIpc) is 3.23. The highest BCUT2D eigenvalue weighted by Gasteiger charge is 2.24. The van der Waals surface area contributed by atoms with E-state index in [9.17, 15) is 9.90 Å². The summed E-state index contributed by atoms with van der Waals surface area (Å²) in [7, 11) is 0. The van der Waals surface area contributed by atoms with Gasteiger partial charge in [0.1, 0.15) is 18.5 Å². The molecule has 0 bridgehead atoms. The number of aliphatic hydroxyl groups is 1. The number of nitrogens with zero attached hydrogens (tertiary/aromatic N) is 2. The van der Waals surface area contributed by atoms with Gasteiger partial charge in [0.05, 0.1) is 4.88 Å². The van der Waals surface area contributed by atoms with E-state index < -0.39 is 6.10 Å². The van der Waals surface area contributed by atoms with Crippen molar-refractivity contribution in [2.24, 2.45) is 0 Å². The zero-order chi connectivity index (χ0) is 21.0. The predicted molar refractivity (Wildman–Crippen MR) is 118 cm³/mol. The number of carbonyl (C=O) groups excluding carboxylic acids is 1. The van der Waals surface area contributed by atoms with E-state index in [-0.39, 0.29) is 18.4 Å². The summed E-state index contributed by atoms with van der Waals surface area (Å²) < 4.78 is 5.95. The Labute approximate surface area is 181 Å². The van der Waals surface area contributed by atoms with Crippen LogP contribution < -0.4 is 4.74 Å². The molecule has 1 saturated heterocycles. The second-order valence-corrected chi connectivity index (χ2v) is 9.18. The molecule has 1 fully saturated rings. The van der Waals surface area contributed by atoms with Crippen LogP contribution in [-0.2, 0) is 0 Å². The van der Waals surface area contributed by atoms with Crippen LogP contribution >= 0.6 is 22.9 Å². The number of hydrogen-bond donors (Lipinski definition) is 1. The third kappa shape index (κ3) is 5.72. The number of hydrogen-bond acceptors (Lipinski definition) is 5. The first-order valence-electron chi connectivity index (χ1n) is 10.0. The number of β-amino-alcohol motifs (C(OH)–C–C–N with tert-alkyl or cyclic N) is 1. The van der Waals surface area contributed by atoms with Gasteiger partial charge < -0.3 is 14.7 Å². The number of benzene rings is 1. The molecule has 0 unspecified atom stereocenters. The summed E-state index contributed by atoms with van der Waals surface area (Å²) in [6.45, 7) is 9.78. The Morgan fingerprint density at radius 3 is 2.62 bits per heavy atom. The van der Waals surface area contributed by atoms with E-state index in [1.54, 1.807) is 0 Å². The Bertz CT molecular complexity index is 818. The summed E-state index contributed by atoms with van der Waals surface area (Å²) in [5, 5.41) is 13.1. The molecule has 3 rings (SSSR count). The fraction of sp³-hybridized carbons (Fsp3) is 0.500. The quantitative estimate of drug-likeness (QED) is 0.711. The minimum absolute atomic E-state index is 0.0999. The first-order chi connectivity index (χ1) is 13.8. The van der Waals surface area contributed by atoms with E-state index in [1.165, 1.54) is 11.3 Å². The minimum atomic E-state index is -0.592. The van der Waals surface area contributed by atoms with E-state index in [4.69, 9.17) is 16.3 Å². The number of aryl methyl sites for hydroxylation is 1. The lowest BCUT2D eigenvalue weighted by atomic mass is 10.0. The third-order valence-corrected chi connectivity index (χ3v) is 6.47. The molecule has 1 aromatic heterocycles.